The van der Waals surface area contributed by atoms with Crippen molar-refractivity contribution < 1.29 is 0 Å². The first-order chi connectivity index (χ1) is 8.81. The molecule has 18 heavy (non-hydrogen) atoms. The van der Waals surface area contributed by atoms with Crippen LogP contribution < -0.4 is 5.32 Å². The number of anilines is 1. The summed E-state index contributed by atoms with van der Waals surface area (Å²) in [5.74, 6) is 2.28. The number of rotatable bonds is 5. The van der Waals surface area contributed by atoms with Gasteiger partial charge in [0.15, 0.2) is 0 Å². The number of fused-ring (bicyclic) bond motifs is 1. The summed E-state index contributed by atoms with van der Waals surface area (Å²) in [6.07, 6.45) is 11.2. The molecule has 0 amide bonds. The Bertz CT molecular complexity index is 381. The molecule has 1 aromatic heterocycles. The highest BCUT2D eigenvalue weighted by molar-refractivity contribution is 7.98. The molecule has 1 aromatic rings. The maximum atomic E-state index is 4.45. The van der Waals surface area contributed by atoms with Gasteiger partial charge in [-0.3, -0.25) is 0 Å². The molecule has 0 fully saturated rings. The van der Waals surface area contributed by atoms with Crippen LogP contribution in [0.5, 0.6) is 0 Å². The van der Waals surface area contributed by atoms with Crippen LogP contribution >= 0.6 is 11.8 Å². The molecule has 1 heterocycles. The summed E-state index contributed by atoms with van der Waals surface area (Å²) in [6, 6.07) is 0.486. The van der Waals surface area contributed by atoms with Crippen molar-refractivity contribution in [2.75, 3.05) is 17.3 Å². The maximum absolute atomic E-state index is 4.45. The number of hydrogen-bond acceptors (Lipinski definition) is 4. The van der Waals surface area contributed by atoms with Crippen LogP contribution in [0.1, 0.15) is 43.9 Å². The number of nitrogens with one attached hydrogen (secondary N) is 1. The topological polar surface area (TPSA) is 37.8 Å². The third-order valence-electron chi connectivity index (χ3n) is 3.51. The fourth-order valence-corrected chi connectivity index (χ4v) is 3.01. The van der Waals surface area contributed by atoms with Crippen molar-refractivity contribution in [3.63, 3.8) is 0 Å². The zero-order chi connectivity index (χ0) is 12.8. The first kappa shape index (κ1) is 13.7. The monoisotopic (exact) mass is 265 g/mol. The van der Waals surface area contributed by atoms with Gasteiger partial charge in [0.1, 0.15) is 12.1 Å². The van der Waals surface area contributed by atoms with Crippen LogP contribution in [0.2, 0.25) is 0 Å². The van der Waals surface area contributed by atoms with E-state index >= 15 is 0 Å². The fraction of sp³-hybridized carbons (Fsp3) is 0.714. The molecule has 0 saturated carbocycles. The van der Waals surface area contributed by atoms with Gasteiger partial charge in [-0.2, -0.15) is 11.8 Å². The SMILES string of the molecule is CSCCC(C)Nc1ncnc2c1CCCCC2. The molecule has 100 valence electrons. The number of hydrogen-bond donors (Lipinski definition) is 1. The van der Waals surface area contributed by atoms with Gasteiger partial charge in [-0.05, 0) is 51.0 Å². The van der Waals surface area contributed by atoms with Crippen LogP contribution in [0, 0.1) is 0 Å². The van der Waals surface area contributed by atoms with E-state index in [1.807, 2.05) is 11.8 Å². The molecule has 0 aromatic carbocycles. The highest BCUT2D eigenvalue weighted by atomic mass is 32.2. The van der Waals surface area contributed by atoms with Crippen LogP contribution in [0.4, 0.5) is 5.82 Å². The summed E-state index contributed by atoms with van der Waals surface area (Å²) >= 11 is 1.90. The van der Waals surface area contributed by atoms with Crippen molar-refractivity contribution in [3.8, 4) is 0 Å². The van der Waals surface area contributed by atoms with Gasteiger partial charge in [0.2, 0.25) is 0 Å². The van der Waals surface area contributed by atoms with Crippen LogP contribution in [-0.4, -0.2) is 28.0 Å². The Morgan fingerprint density at radius 3 is 2.94 bits per heavy atom. The number of nitrogens with zero attached hydrogens (tertiary/aromatic N) is 2. The predicted molar refractivity (Wildman–Crippen MR) is 79.4 cm³/mol. The Morgan fingerprint density at radius 1 is 1.28 bits per heavy atom. The number of aromatic nitrogens is 2. The third-order valence-corrected chi connectivity index (χ3v) is 4.16. The molecule has 1 N–H and O–H groups in total. The highest BCUT2D eigenvalue weighted by Gasteiger charge is 2.15. The Balaban J connectivity index is 2.08. The number of aryl methyl sites for hydroxylation is 1. The largest absolute Gasteiger partial charge is 0.367 e. The van der Waals surface area contributed by atoms with E-state index in [1.54, 1.807) is 6.33 Å². The molecule has 1 aliphatic carbocycles. The van der Waals surface area contributed by atoms with Gasteiger partial charge in [0, 0.05) is 17.3 Å². The second-order valence-corrected chi connectivity index (χ2v) is 6.02. The smallest absolute Gasteiger partial charge is 0.133 e. The highest BCUT2D eigenvalue weighted by Crippen LogP contribution is 2.24. The van der Waals surface area contributed by atoms with Crippen molar-refractivity contribution in [2.24, 2.45) is 0 Å². The third kappa shape index (κ3) is 3.61. The van der Waals surface area contributed by atoms with E-state index in [1.165, 1.54) is 42.7 Å². The Labute approximate surface area is 114 Å². The summed E-state index contributed by atoms with van der Waals surface area (Å²) in [4.78, 5) is 8.91. The molecule has 1 unspecified atom stereocenters. The first-order valence-electron chi connectivity index (χ1n) is 6.89. The van der Waals surface area contributed by atoms with Gasteiger partial charge in [-0.15, -0.1) is 0 Å². The van der Waals surface area contributed by atoms with Crippen molar-refractivity contribution in [2.45, 2.75) is 51.5 Å². The Kier molecular flexibility index (Phi) is 5.29. The molecular weight excluding hydrogens is 242 g/mol. The number of thioether (sulfide) groups is 1. The molecule has 0 spiro atoms. The predicted octanol–water partition coefficient (Wildman–Crippen LogP) is 3.30. The molecule has 1 atom stereocenters. The Morgan fingerprint density at radius 2 is 2.11 bits per heavy atom. The van der Waals surface area contributed by atoms with E-state index in [9.17, 15) is 0 Å². The lowest BCUT2D eigenvalue weighted by Crippen LogP contribution is -2.19. The molecule has 0 saturated heterocycles. The second kappa shape index (κ2) is 6.98. The molecule has 1 aliphatic rings. The van der Waals surface area contributed by atoms with E-state index < -0.39 is 0 Å². The zero-order valence-electron chi connectivity index (χ0n) is 11.4. The molecule has 4 heteroatoms. The standard InChI is InChI=1S/C14H23N3S/c1-11(8-9-18-2)17-14-12-6-4-3-5-7-13(12)15-10-16-14/h10-11H,3-9H2,1-2H3,(H,15,16,17). The zero-order valence-corrected chi connectivity index (χ0v) is 12.2. The van der Waals surface area contributed by atoms with E-state index in [0.717, 1.165) is 18.7 Å². The molecular formula is C14H23N3S. The molecule has 3 nitrogen and oxygen atoms in total. The molecule has 0 bridgehead atoms. The van der Waals surface area contributed by atoms with Gasteiger partial charge < -0.3 is 5.32 Å². The van der Waals surface area contributed by atoms with E-state index in [0.29, 0.717) is 6.04 Å². The summed E-state index contributed by atoms with van der Waals surface area (Å²) in [7, 11) is 0. The van der Waals surface area contributed by atoms with E-state index in [2.05, 4.69) is 28.5 Å². The van der Waals surface area contributed by atoms with E-state index in [4.69, 9.17) is 0 Å². The van der Waals surface area contributed by atoms with Gasteiger partial charge in [-0.1, -0.05) is 6.42 Å². The summed E-state index contributed by atoms with van der Waals surface area (Å²) in [6.45, 7) is 2.24. The minimum atomic E-state index is 0.486. The van der Waals surface area contributed by atoms with Crippen LogP contribution in [0.3, 0.4) is 0 Å². The molecule has 0 radical (unpaired) electrons. The summed E-state index contributed by atoms with van der Waals surface area (Å²) in [5, 5.41) is 3.57. The average Bonchev–Trinajstić information content (AvgIpc) is 2.62. The van der Waals surface area contributed by atoms with Gasteiger partial charge in [0.25, 0.3) is 0 Å². The first-order valence-corrected chi connectivity index (χ1v) is 8.29. The maximum Gasteiger partial charge on any atom is 0.133 e. The van der Waals surface area contributed by atoms with Crippen LogP contribution in [0.15, 0.2) is 6.33 Å². The van der Waals surface area contributed by atoms with Gasteiger partial charge >= 0.3 is 0 Å². The van der Waals surface area contributed by atoms with Crippen molar-refractivity contribution in [1.29, 1.82) is 0 Å². The lowest BCUT2D eigenvalue weighted by molar-refractivity contribution is 0.708. The van der Waals surface area contributed by atoms with Gasteiger partial charge in [-0.25, -0.2) is 9.97 Å². The molecule has 2 rings (SSSR count). The summed E-state index contributed by atoms with van der Waals surface area (Å²) in [5.41, 5.74) is 2.63. The summed E-state index contributed by atoms with van der Waals surface area (Å²) < 4.78 is 0. The Hall–Kier alpha value is -0.770. The molecule has 0 aliphatic heterocycles. The average molecular weight is 265 g/mol. The normalized spacial score (nSPS) is 16.8. The van der Waals surface area contributed by atoms with E-state index in [-0.39, 0.29) is 0 Å². The lowest BCUT2D eigenvalue weighted by atomic mass is 10.1. The quantitative estimate of drug-likeness (QED) is 0.829. The van der Waals surface area contributed by atoms with Crippen LogP contribution in [-0.2, 0) is 12.8 Å². The van der Waals surface area contributed by atoms with Gasteiger partial charge in [0.05, 0.1) is 0 Å². The fourth-order valence-electron chi connectivity index (χ4n) is 2.42. The minimum absolute atomic E-state index is 0.486. The van der Waals surface area contributed by atoms with Crippen molar-refractivity contribution in [3.05, 3.63) is 17.6 Å². The second-order valence-electron chi connectivity index (χ2n) is 5.04. The van der Waals surface area contributed by atoms with Crippen molar-refractivity contribution >= 4 is 17.6 Å². The minimum Gasteiger partial charge on any atom is -0.367 e. The van der Waals surface area contributed by atoms with Crippen molar-refractivity contribution in [1.82, 2.24) is 9.97 Å². The van der Waals surface area contributed by atoms with Crippen LogP contribution in [0.25, 0.3) is 0 Å². The lowest BCUT2D eigenvalue weighted by Gasteiger charge is -2.17.